The molecule has 1 aliphatic carbocycles. The summed E-state index contributed by atoms with van der Waals surface area (Å²) in [6.45, 7) is 5.93. The van der Waals surface area contributed by atoms with Crippen molar-refractivity contribution in [2.24, 2.45) is 0 Å². The van der Waals surface area contributed by atoms with E-state index in [0.29, 0.717) is 18.2 Å². The van der Waals surface area contributed by atoms with Crippen LogP contribution in [0, 0.1) is 17.0 Å². The summed E-state index contributed by atoms with van der Waals surface area (Å²) >= 11 is 11.7. The van der Waals surface area contributed by atoms with Gasteiger partial charge in [0.1, 0.15) is 4.99 Å². The summed E-state index contributed by atoms with van der Waals surface area (Å²) in [4.78, 5) is 16.2. The van der Waals surface area contributed by atoms with Crippen molar-refractivity contribution in [2.75, 3.05) is 43.0 Å². The van der Waals surface area contributed by atoms with Crippen molar-refractivity contribution < 1.29 is 9.66 Å². The molecule has 2 aromatic rings. The summed E-state index contributed by atoms with van der Waals surface area (Å²) < 4.78 is 6.17. The molecule has 0 unspecified atom stereocenters. The van der Waals surface area contributed by atoms with Gasteiger partial charge in [0.15, 0.2) is 0 Å². The molecule has 34 heavy (non-hydrogen) atoms. The Morgan fingerprint density at radius 2 is 1.79 bits per heavy atom. The van der Waals surface area contributed by atoms with Gasteiger partial charge >= 0.3 is 0 Å². The van der Waals surface area contributed by atoms with Crippen LogP contribution in [0.1, 0.15) is 31.2 Å². The smallest absolute Gasteiger partial charge is 0.272 e. The molecule has 0 amide bonds. The molecule has 1 aliphatic heterocycles. The monoisotopic (exact) mass is 502 g/mol. The van der Waals surface area contributed by atoms with Gasteiger partial charge in [-0.1, -0.05) is 23.8 Å². The van der Waals surface area contributed by atoms with Crippen molar-refractivity contribution in [3.05, 3.63) is 63.2 Å². The van der Waals surface area contributed by atoms with E-state index in [1.165, 1.54) is 5.69 Å². The predicted molar refractivity (Wildman–Crippen MR) is 141 cm³/mol. The van der Waals surface area contributed by atoms with Crippen molar-refractivity contribution in [3.63, 3.8) is 0 Å². The highest BCUT2D eigenvalue weighted by atomic mass is 35.5. The first kappa shape index (κ1) is 24.7. The van der Waals surface area contributed by atoms with E-state index in [1.54, 1.807) is 19.1 Å². The number of nitrogens with one attached hydrogen (secondary N) is 1. The van der Waals surface area contributed by atoms with Crippen molar-refractivity contribution in [1.29, 1.82) is 0 Å². The number of rotatable bonds is 7. The quantitative estimate of drug-likeness (QED) is 0.307. The molecule has 0 aromatic heterocycles. The third kappa shape index (κ3) is 6.37. The fourth-order valence-corrected chi connectivity index (χ4v) is 5.08. The van der Waals surface area contributed by atoms with Crippen LogP contribution in [-0.4, -0.2) is 59.7 Å². The van der Waals surface area contributed by atoms with E-state index in [-0.39, 0.29) is 16.7 Å². The second-order valence-electron chi connectivity index (χ2n) is 9.03. The van der Waals surface area contributed by atoms with Gasteiger partial charge in [-0.05, 0) is 69.0 Å². The van der Waals surface area contributed by atoms with E-state index in [2.05, 4.69) is 27.2 Å². The van der Waals surface area contributed by atoms with Crippen LogP contribution in [0.15, 0.2) is 42.5 Å². The zero-order valence-electron chi connectivity index (χ0n) is 19.4. The average molecular weight is 503 g/mol. The Morgan fingerprint density at radius 3 is 2.41 bits per heavy atom. The molecule has 9 heteroatoms. The number of nitro benzene ring substituents is 1. The molecular weight excluding hydrogens is 472 g/mol. The third-order valence-electron chi connectivity index (χ3n) is 6.71. The van der Waals surface area contributed by atoms with Gasteiger partial charge in [0.25, 0.3) is 5.69 Å². The summed E-state index contributed by atoms with van der Waals surface area (Å²) in [6.07, 6.45) is 4.21. The maximum atomic E-state index is 11.0. The van der Waals surface area contributed by atoms with E-state index in [9.17, 15) is 10.1 Å². The molecule has 0 radical (unpaired) electrons. The van der Waals surface area contributed by atoms with Crippen molar-refractivity contribution in [1.82, 2.24) is 4.90 Å². The highest BCUT2D eigenvalue weighted by Gasteiger charge is 2.24. The topological polar surface area (TPSA) is 70.9 Å². The lowest BCUT2D eigenvalue weighted by atomic mass is 9.92. The van der Waals surface area contributed by atoms with E-state index in [0.717, 1.165) is 67.6 Å². The summed E-state index contributed by atoms with van der Waals surface area (Å²) in [5.41, 5.74) is 2.96. The number of anilines is 2. The Morgan fingerprint density at radius 1 is 1.12 bits per heavy atom. The minimum Gasteiger partial charge on any atom is -0.382 e. The van der Waals surface area contributed by atoms with E-state index < -0.39 is 0 Å². The summed E-state index contributed by atoms with van der Waals surface area (Å²) in [6, 6.07) is 13.6. The molecule has 2 aromatic carbocycles. The number of piperazine rings is 1. The number of hydrogen-bond acceptors (Lipinski definition) is 6. The minimum atomic E-state index is -0.342. The fourth-order valence-electron chi connectivity index (χ4n) is 4.71. The van der Waals surface area contributed by atoms with Crippen LogP contribution in [0.2, 0.25) is 5.02 Å². The van der Waals surface area contributed by atoms with E-state index in [1.807, 2.05) is 18.2 Å². The fraction of sp³-hybridized carbons (Fsp3) is 0.480. The summed E-state index contributed by atoms with van der Waals surface area (Å²) in [7, 11) is 0. The van der Waals surface area contributed by atoms with Gasteiger partial charge in [-0.15, -0.1) is 0 Å². The van der Waals surface area contributed by atoms with Gasteiger partial charge in [0, 0.05) is 60.2 Å². The number of hydrogen-bond donors (Lipinski definition) is 1. The molecule has 1 saturated carbocycles. The van der Waals surface area contributed by atoms with Crippen molar-refractivity contribution in [3.8, 4) is 0 Å². The number of aryl methyl sites for hydroxylation is 1. The van der Waals surface area contributed by atoms with E-state index >= 15 is 0 Å². The van der Waals surface area contributed by atoms with Crippen LogP contribution in [0.5, 0.6) is 0 Å². The predicted octanol–water partition coefficient (Wildman–Crippen LogP) is 5.45. The zero-order valence-corrected chi connectivity index (χ0v) is 21.0. The maximum absolute atomic E-state index is 11.0. The number of thiocarbonyl (C=S) groups is 1. The third-order valence-corrected chi connectivity index (χ3v) is 7.33. The van der Waals surface area contributed by atoms with Crippen molar-refractivity contribution >= 4 is 45.9 Å². The highest BCUT2D eigenvalue weighted by Crippen LogP contribution is 2.27. The first-order valence-electron chi connectivity index (χ1n) is 11.8. The van der Waals surface area contributed by atoms with Gasteiger partial charge in [0.05, 0.1) is 17.6 Å². The average Bonchev–Trinajstić information content (AvgIpc) is 2.84. The Hall–Kier alpha value is -2.42. The first-order valence-corrected chi connectivity index (χ1v) is 12.6. The number of halogens is 1. The zero-order chi connectivity index (χ0) is 24.1. The molecular formula is C25H31ClN4O3S. The molecule has 2 aliphatic rings. The van der Waals surface area contributed by atoms with Crippen LogP contribution in [-0.2, 0) is 4.74 Å². The van der Waals surface area contributed by atoms with Gasteiger partial charge in [-0.3, -0.25) is 10.1 Å². The Bertz CT molecular complexity index is 1000. The lowest BCUT2D eigenvalue weighted by Gasteiger charge is -2.38. The minimum absolute atomic E-state index is 0.157. The second-order valence-corrected chi connectivity index (χ2v) is 9.94. The van der Waals surface area contributed by atoms with Gasteiger partial charge in [0.2, 0.25) is 0 Å². The van der Waals surface area contributed by atoms with E-state index in [4.69, 9.17) is 28.6 Å². The number of benzene rings is 2. The van der Waals surface area contributed by atoms with Gasteiger partial charge < -0.3 is 19.9 Å². The Kier molecular flexibility index (Phi) is 8.24. The molecule has 4 rings (SSSR count). The molecule has 0 bridgehead atoms. The molecule has 1 N–H and O–H groups in total. The van der Waals surface area contributed by atoms with Crippen LogP contribution in [0.3, 0.4) is 0 Å². The SMILES string of the molecule is Cc1cc(NC2CCC(OCC(=S)N3CCN(c4ccc(Cl)cc4)CC3)CC2)ccc1[N+](=O)[O-]. The number of nitro groups is 1. The first-order chi connectivity index (χ1) is 16.4. The van der Waals surface area contributed by atoms with Gasteiger partial charge in [-0.25, -0.2) is 0 Å². The largest absolute Gasteiger partial charge is 0.382 e. The van der Waals surface area contributed by atoms with Crippen molar-refractivity contribution in [2.45, 2.75) is 44.8 Å². The van der Waals surface area contributed by atoms with Gasteiger partial charge in [-0.2, -0.15) is 0 Å². The van der Waals surface area contributed by atoms with Crippen LogP contribution < -0.4 is 10.2 Å². The lowest BCUT2D eigenvalue weighted by Crippen LogP contribution is -2.49. The molecule has 182 valence electrons. The molecule has 0 spiro atoms. The Balaban J connectivity index is 1.16. The molecule has 2 fully saturated rings. The lowest BCUT2D eigenvalue weighted by molar-refractivity contribution is -0.385. The molecule has 1 saturated heterocycles. The van der Waals surface area contributed by atoms with Crippen LogP contribution in [0.4, 0.5) is 17.1 Å². The van der Waals surface area contributed by atoms with Crippen LogP contribution in [0.25, 0.3) is 0 Å². The summed E-state index contributed by atoms with van der Waals surface area (Å²) in [5.74, 6) is 0. The van der Waals surface area contributed by atoms with Crippen LogP contribution >= 0.6 is 23.8 Å². The summed E-state index contributed by atoms with van der Waals surface area (Å²) in [5, 5.41) is 15.3. The molecule has 1 heterocycles. The number of nitrogens with zero attached hydrogens (tertiary/aromatic N) is 3. The normalized spacial score (nSPS) is 20.8. The maximum Gasteiger partial charge on any atom is 0.272 e. The standard InChI is InChI=1S/C25H31ClN4O3S/c1-18-16-21(6-11-24(18)30(31)32)27-20-4-9-23(10-5-20)33-17-25(34)29-14-12-28(13-15-29)22-7-2-19(26)3-8-22/h2-3,6-8,11,16,20,23,27H,4-5,9-10,12-15,17H2,1H3. The number of ether oxygens (including phenoxy) is 1. The Labute approximate surface area is 211 Å². The second kappa shape index (κ2) is 11.3. The molecule has 7 nitrogen and oxygen atoms in total. The highest BCUT2D eigenvalue weighted by molar-refractivity contribution is 7.80. The molecule has 0 atom stereocenters.